The molecule has 1 aromatic rings. The lowest BCUT2D eigenvalue weighted by Crippen LogP contribution is -1.95. The van der Waals surface area contributed by atoms with Crippen LogP contribution in [0.2, 0.25) is 0 Å². The normalized spacial score (nSPS) is 18.6. The molecule has 0 aliphatic heterocycles. The monoisotopic (exact) mass is 230 g/mol. The minimum absolute atomic E-state index is 0.203. The summed E-state index contributed by atoms with van der Waals surface area (Å²) in [7, 11) is 0. The van der Waals surface area contributed by atoms with Crippen LogP contribution >= 0.6 is 11.8 Å². The molecule has 0 bridgehead atoms. The van der Waals surface area contributed by atoms with Crippen molar-refractivity contribution >= 4 is 17.5 Å². The molecule has 0 saturated heterocycles. The van der Waals surface area contributed by atoms with E-state index < -0.39 is 0 Å². The molecule has 0 unspecified atom stereocenters. The predicted molar refractivity (Wildman–Crippen MR) is 68.4 cm³/mol. The largest absolute Gasteiger partial charge is 0.288 e. The van der Waals surface area contributed by atoms with Crippen LogP contribution in [0, 0.1) is 0 Å². The third kappa shape index (κ3) is 2.12. The maximum atomic E-state index is 12.0. The molecular weight excluding hydrogens is 216 g/mol. The number of ketones is 1. The van der Waals surface area contributed by atoms with Gasteiger partial charge in [0.05, 0.1) is 4.91 Å². The van der Waals surface area contributed by atoms with Gasteiger partial charge in [-0.2, -0.15) is 0 Å². The zero-order valence-electron chi connectivity index (χ0n) is 9.49. The first-order valence-electron chi connectivity index (χ1n) is 5.35. The number of Topliss-reactive ketones (excluding diaryl/α,β-unsaturated/α-hetero) is 1. The maximum absolute atomic E-state index is 12.0. The topological polar surface area (TPSA) is 17.1 Å². The minimum Gasteiger partial charge on any atom is -0.288 e. The predicted octanol–water partition coefficient (Wildman–Crippen LogP) is 3.97. The first kappa shape index (κ1) is 11.2. The van der Waals surface area contributed by atoms with Crippen LogP contribution in [0.25, 0.3) is 0 Å². The van der Waals surface area contributed by atoms with E-state index in [4.69, 9.17) is 0 Å². The Hall–Kier alpha value is -1.28. The van der Waals surface area contributed by atoms with Crippen molar-refractivity contribution in [2.45, 2.75) is 25.2 Å². The Morgan fingerprint density at radius 1 is 1.25 bits per heavy atom. The Kier molecular flexibility index (Phi) is 3.30. The Labute approximate surface area is 100 Å². The van der Waals surface area contributed by atoms with Gasteiger partial charge in [-0.05, 0) is 32.4 Å². The molecule has 1 nitrogen and oxygen atoms in total. The molecule has 0 radical (unpaired) electrons. The second-order valence-electron chi connectivity index (χ2n) is 3.84. The number of allylic oxidation sites excluding steroid dienone is 4. The number of rotatable bonds is 2. The lowest BCUT2D eigenvalue weighted by Gasteiger charge is -2.02. The number of carbonyl (C=O) groups is 1. The third-order valence-electron chi connectivity index (χ3n) is 2.65. The molecule has 0 amide bonds. The van der Waals surface area contributed by atoms with E-state index in [1.807, 2.05) is 50.3 Å². The van der Waals surface area contributed by atoms with Crippen molar-refractivity contribution in [3.8, 4) is 0 Å². The summed E-state index contributed by atoms with van der Waals surface area (Å²) >= 11 is 1.58. The molecule has 0 fully saturated rings. The van der Waals surface area contributed by atoms with E-state index in [0.717, 1.165) is 21.8 Å². The highest BCUT2D eigenvalue weighted by molar-refractivity contribution is 8.04. The number of hydrogen-bond donors (Lipinski definition) is 0. The Morgan fingerprint density at radius 3 is 2.50 bits per heavy atom. The lowest BCUT2D eigenvalue weighted by molar-refractivity contribution is -0.111. The Balaban J connectivity index is 2.23. The van der Waals surface area contributed by atoms with E-state index in [1.54, 1.807) is 11.8 Å². The third-order valence-corrected chi connectivity index (χ3v) is 3.90. The molecule has 1 aliphatic rings. The molecule has 16 heavy (non-hydrogen) atoms. The van der Waals surface area contributed by atoms with E-state index in [0.29, 0.717) is 0 Å². The van der Waals surface area contributed by atoms with Gasteiger partial charge in [-0.1, -0.05) is 41.6 Å². The summed E-state index contributed by atoms with van der Waals surface area (Å²) in [5, 5.41) is 0. The number of carbonyl (C=O) groups excluding carboxylic acids is 1. The maximum Gasteiger partial charge on any atom is 0.195 e. The summed E-state index contributed by atoms with van der Waals surface area (Å²) in [6, 6.07) is 10.0. The fourth-order valence-electron chi connectivity index (χ4n) is 1.76. The van der Waals surface area contributed by atoms with Crippen molar-refractivity contribution in [1.82, 2.24) is 0 Å². The van der Waals surface area contributed by atoms with E-state index in [2.05, 4.69) is 0 Å². The van der Waals surface area contributed by atoms with Gasteiger partial charge in [0.15, 0.2) is 5.78 Å². The molecule has 0 heterocycles. The smallest absolute Gasteiger partial charge is 0.195 e. The number of hydrogen-bond acceptors (Lipinski definition) is 2. The van der Waals surface area contributed by atoms with Crippen molar-refractivity contribution in [3.63, 3.8) is 0 Å². The molecule has 0 spiro atoms. The van der Waals surface area contributed by atoms with E-state index in [1.165, 1.54) is 5.57 Å². The van der Waals surface area contributed by atoms with Gasteiger partial charge in [-0.15, -0.1) is 0 Å². The molecule has 0 aromatic heterocycles. The average Bonchev–Trinajstić information content (AvgIpc) is 2.58. The van der Waals surface area contributed by atoms with Crippen LogP contribution < -0.4 is 0 Å². The zero-order chi connectivity index (χ0) is 11.5. The van der Waals surface area contributed by atoms with E-state index >= 15 is 0 Å². The summed E-state index contributed by atoms with van der Waals surface area (Å²) in [6.07, 6.45) is 2.73. The summed E-state index contributed by atoms with van der Waals surface area (Å²) in [5.74, 6) is 0.203. The van der Waals surface area contributed by atoms with Crippen LogP contribution in [0.1, 0.15) is 20.3 Å². The van der Waals surface area contributed by atoms with Crippen LogP contribution in [0.15, 0.2) is 57.4 Å². The zero-order valence-corrected chi connectivity index (χ0v) is 10.3. The van der Waals surface area contributed by atoms with Crippen LogP contribution in [-0.2, 0) is 4.79 Å². The summed E-state index contributed by atoms with van der Waals surface area (Å²) in [5.41, 5.74) is 2.11. The van der Waals surface area contributed by atoms with Crippen LogP contribution in [0.3, 0.4) is 0 Å². The summed E-state index contributed by atoms with van der Waals surface area (Å²) in [4.78, 5) is 14.0. The quantitative estimate of drug-likeness (QED) is 0.715. The Morgan fingerprint density at radius 2 is 1.94 bits per heavy atom. The van der Waals surface area contributed by atoms with Crippen molar-refractivity contribution in [1.29, 1.82) is 0 Å². The highest BCUT2D eigenvalue weighted by Gasteiger charge is 2.25. The molecule has 1 aliphatic carbocycles. The summed E-state index contributed by atoms with van der Waals surface area (Å²) < 4.78 is 0. The standard InChI is InChI=1S/C14H14OS/c1-3-11-9-10(2)14(13(11)15)16-12-7-5-4-6-8-12/h3-8H,9H2,1-2H3/b11-3-. The van der Waals surface area contributed by atoms with Gasteiger partial charge < -0.3 is 0 Å². The van der Waals surface area contributed by atoms with Gasteiger partial charge in [-0.3, -0.25) is 4.79 Å². The first-order valence-corrected chi connectivity index (χ1v) is 6.16. The van der Waals surface area contributed by atoms with Crippen molar-refractivity contribution in [3.05, 3.63) is 52.5 Å². The average molecular weight is 230 g/mol. The van der Waals surface area contributed by atoms with Crippen molar-refractivity contribution in [2.24, 2.45) is 0 Å². The van der Waals surface area contributed by atoms with Gasteiger partial charge in [-0.25, -0.2) is 0 Å². The van der Waals surface area contributed by atoms with Gasteiger partial charge in [0.25, 0.3) is 0 Å². The second-order valence-corrected chi connectivity index (χ2v) is 4.93. The minimum atomic E-state index is 0.203. The van der Waals surface area contributed by atoms with E-state index in [-0.39, 0.29) is 5.78 Å². The fourth-order valence-corrected chi connectivity index (χ4v) is 2.76. The fraction of sp³-hybridized carbons (Fsp3) is 0.214. The first-order chi connectivity index (χ1) is 7.72. The van der Waals surface area contributed by atoms with Crippen molar-refractivity contribution < 1.29 is 4.79 Å². The molecule has 0 saturated carbocycles. The van der Waals surface area contributed by atoms with Crippen molar-refractivity contribution in [2.75, 3.05) is 0 Å². The molecule has 2 heteroatoms. The highest BCUT2D eigenvalue weighted by Crippen LogP contribution is 2.38. The summed E-state index contributed by atoms with van der Waals surface area (Å²) in [6.45, 7) is 3.97. The molecule has 0 atom stereocenters. The Bertz CT molecular complexity index is 469. The molecular formula is C14H14OS. The van der Waals surface area contributed by atoms with Gasteiger partial charge in [0, 0.05) is 10.5 Å². The van der Waals surface area contributed by atoms with Crippen LogP contribution in [0.5, 0.6) is 0 Å². The lowest BCUT2D eigenvalue weighted by atomic mass is 10.2. The van der Waals surface area contributed by atoms with Gasteiger partial charge >= 0.3 is 0 Å². The second kappa shape index (κ2) is 4.71. The van der Waals surface area contributed by atoms with Crippen LogP contribution in [-0.4, -0.2) is 5.78 Å². The molecule has 82 valence electrons. The highest BCUT2D eigenvalue weighted by atomic mass is 32.2. The SMILES string of the molecule is C/C=C1/CC(C)=C(Sc2ccccc2)C1=O. The molecule has 2 rings (SSSR count). The molecule has 0 N–H and O–H groups in total. The van der Waals surface area contributed by atoms with E-state index in [9.17, 15) is 4.79 Å². The van der Waals surface area contributed by atoms with Crippen LogP contribution in [0.4, 0.5) is 0 Å². The number of benzene rings is 1. The van der Waals surface area contributed by atoms with Gasteiger partial charge in [0.1, 0.15) is 0 Å². The molecule has 1 aromatic carbocycles. The van der Waals surface area contributed by atoms with Gasteiger partial charge in [0.2, 0.25) is 0 Å². The number of thioether (sulfide) groups is 1.